The van der Waals surface area contributed by atoms with Crippen molar-refractivity contribution >= 4 is 34.5 Å². The molecule has 32 heavy (non-hydrogen) atoms. The predicted octanol–water partition coefficient (Wildman–Crippen LogP) is 5.22. The van der Waals surface area contributed by atoms with Gasteiger partial charge in [0.15, 0.2) is 0 Å². The molecule has 1 heterocycles. The Morgan fingerprint density at radius 2 is 1.53 bits per heavy atom. The smallest absolute Gasteiger partial charge is 0.255 e. The first-order valence-corrected chi connectivity index (χ1v) is 11.1. The molecule has 4 N–H and O–H groups in total. The standard InChI is InChI=1S/C26H23N3O2S/c27-22-13-12-21(24-7-4-16-32-24)17-23(22)29-26(31)20-10-8-19(9-11-20)25(30)28-15-14-18-5-2-1-3-6-18/h1-13,16-17H,14-15,27H2,(H,28,30)(H,29,31). The number of nitrogen functional groups attached to an aromatic ring is 1. The van der Waals surface area contributed by atoms with Crippen molar-refractivity contribution in [3.05, 3.63) is 107 Å². The molecule has 0 radical (unpaired) electrons. The van der Waals surface area contributed by atoms with Crippen LogP contribution in [0.25, 0.3) is 10.4 Å². The lowest BCUT2D eigenvalue weighted by Crippen LogP contribution is -2.25. The average Bonchev–Trinajstić information content (AvgIpc) is 3.36. The fraction of sp³-hybridized carbons (Fsp3) is 0.0769. The lowest BCUT2D eigenvalue weighted by atomic mass is 10.1. The van der Waals surface area contributed by atoms with E-state index in [9.17, 15) is 9.59 Å². The fourth-order valence-corrected chi connectivity index (χ4v) is 4.02. The van der Waals surface area contributed by atoms with Crippen LogP contribution in [0.1, 0.15) is 26.3 Å². The van der Waals surface area contributed by atoms with Gasteiger partial charge in [-0.05, 0) is 65.4 Å². The summed E-state index contributed by atoms with van der Waals surface area (Å²) in [5.74, 6) is -0.447. The third kappa shape index (κ3) is 5.22. The second kappa shape index (κ2) is 9.94. The van der Waals surface area contributed by atoms with Crippen LogP contribution in [0.4, 0.5) is 11.4 Å². The average molecular weight is 442 g/mol. The summed E-state index contributed by atoms with van der Waals surface area (Å²) >= 11 is 1.62. The van der Waals surface area contributed by atoms with E-state index in [2.05, 4.69) is 10.6 Å². The molecule has 0 fully saturated rings. The summed E-state index contributed by atoms with van der Waals surface area (Å²) in [6.45, 7) is 0.547. The maximum atomic E-state index is 12.7. The third-order valence-corrected chi connectivity index (χ3v) is 5.98. The second-order valence-electron chi connectivity index (χ2n) is 7.30. The number of thiophene rings is 1. The Labute approximate surface area is 190 Å². The van der Waals surface area contributed by atoms with Crippen LogP contribution in [-0.2, 0) is 6.42 Å². The van der Waals surface area contributed by atoms with E-state index in [1.54, 1.807) is 41.7 Å². The Balaban J connectivity index is 1.37. The van der Waals surface area contributed by atoms with E-state index < -0.39 is 0 Å². The van der Waals surface area contributed by atoms with Crippen LogP contribution in [0.2, 0.25) is 0 Å². The first-order chi connectivity index (χ1) is 15.6. The molecule has 2 amide bonds. The number of nitrogens with one attached hydrogen (secondary N) is 2. The summed E-state index contributed by atoms with van der Waals surface area (Å²) in [6.07, 6.45) is 0.763. The van der Waals surface area contributed by atoms with E-state index in [0.29, 0.717) is 29.0 Å². The molecule has 0 bridgehead atoms. The summed E-state index contributed by atoms with van der Waals surface area (Å²) in [7, 11) is 0. The number of carbonyl (C=O) groups is 2. The van der Waals surface area contributed by atoms with Gasteiger partial charge in [0.05, 0.1) is 11.4 Å². The van der Waals surface area contributed by atoms with Crippen molar-refractivity contribution in [1.29, 1.82) is 0 Å². The molecule has 0 aliphatic carbocycles. The van der Waals surface area contributed by atoms with E-state index in [0.717, 1.165) is 16.9 Å². The lowest BCUT2D eigenvalue weighted by Gasteiger charge is -2.11. The Morgan fingerprint density at radius 1 is 0.812 bits per heavy atom. The van der Waals surface area contributed by atoms with Crippen LogP contribution in [0.3, 0.4) is 0 Å². The molecular formula is C26H23N3O2S. The molecule has 4 rings (SSSR count). The maximum absolute atomic E-state index is 12.7. The monoisotopic (exact) mass is 441 g/mol. The predicted molar refractivity (Wildman–Crippen MR) is 131 cm³/mol. The van der Waals surface area contributed by atoms with Gasteiger partial charge in [-0.15, -0.1) is 11.3 Å². The van der Waals surface area contributed by atoms with Gasteiger partial charge < -0.3 is 16.4 Å². The summed E-state index contributed by atoms with van der Waals surface area (Å²) < 4.78 is 0. The van der Waals surface area contributed by atoms with E-state index >= 15 is 0 Å². The summed E-state index contributed by atoms with van der Waals surface area (Å²) in [5.41, 5.74) is 10.2. The minimum absolute atomic E-state index is 0.166. The normalized spacial score (nSPS) is 10.5. The second-order valence-corrected chi connectivity index (χ2v) is 8.25. The van der Waals surface area contributed by atoms with Crippen molar-refractivity contribution in [2.24, 2.45) is 0 Å². The first kappa shape index (κ1) is 21.3. The van der Waals surface area contributed by atoms with Crippen molar-refractivity contribution in [2.75, 3.05) is 17.6 Å². The molecule has 3 aromatic carbocycles. The molecule has 0 saturated carbocycles. The van der Waals surface area contributed by atoms with Crippen LogP contribution in [0, 0.1) is 0 Å². The molecule has 0 atom stereocenters. The van der Waals surface area contributed by atoms with Gasteiger partial charge in [0.2, 0.25) is 0 Å². The van der Waals surface area contributed by atoms with E-state index in [1.807, 2.05) is 60.0 Å². The number of anilines is 2. The van der Waals surface area contributed by atoms with E-state index in [4.69, 9.17) is 5.73 Å². The van der Waals surface area contributed by atoms with E-state index in [1.165, 1.54) is 5.56 Å². The zero-order valence-corrected chi connectivity index (χ0v) is 18.2. The molecule has 0 saturated heterocycles. The topological polar surface area (TPSA) is 84.2 Å². The molecule has 1 aromatic heterocycles. The van der Waals surface area contributed by atoms with Crippen molar-refractivity contribution in [1.82, 2.24) is 5.32 Å². The molecule has 5 nitrogen and oxygen atoms in total. The van der Waals surface area contributed by atoms with Gasteiger partial charge in [-0.3, -0.25) is 9.59 Å². The Hall–Kier alpha value is -3.90. The number of rotatable bonds is 7. The summed E-state index contributed by atoms with van der Waals surface area (Å²) in [6, 6.07) is 26.2. The van der Waals surface area contributed by atoms with Gasteiger partial charge in [-0.2, -0.15) is 0 Å². The van der Waals surface area contributed by atoms with Gasteiger partial charge in [0, 0.05) is 22.5 Å². The highest BCUT2D eigenvalue weighted by molar-refractivity contribution is 7.13. The van der Waals surface area contributed by atoms with Crippen molar-refractivity contribution in [3.63, 3.8) is 0 Å². The van der Waals surface area contributed by atoms with Crippen molar-refractivity contribution in [2.45, 2.75) is 6.42 Å². The molecule has 6 heteroatoms. The maximum Gasteiger partial charge on any atom is 0.255 e. The number of nitrogens with two attached hydrogens (primary N) is 1. The molecular weight excluding hydrogens is 418 g/mol. The van der Waals surface area contributed by atoms with Crippen molar-refractivity contribution < 1.29 is 9.59 Å². The number of benzene rings is 3. The van der Waals surface area contributed by atoms with Crippen LogP contribution in [0.15, 0.2) is 90.3 Å². The quantitative estimate of drug-likeness (QED) is 0.344. The van der Waals surface area contributed by atoms with Crippen LogP contribution >= 0.6 is 11.3 Å². The zero-order chi connectivity index (χ0) is 22.3. The molecule has 0 spiro atoms. The SMILES string of the molecule is Nc1ccc(-c2cccs2)cc1NC(=O)c1ccc(C(=O)NCCc2ccccc2)cc1. The highest BCUT2D eigenvalue weighted by Crippen LogP contribution is 2.30. The van der Waals surface area contributed by atoms with Gasteiger partial charge in [0.25, 0.3) is 11.8 Å². The summed E-state index contributed by atoms with van der Waals surface area (Å²) in [4.78, 5) is 26.2. The third-order valence-electron chi connectivity index (χ3n) is 5.06. The molecule has 0 aliphatic heterocycles. The molecule has 4 aromatic rings. The number of amides is 2. The first-order valence-electron chi connectivity index (χ1n) is 10.3. The zero-order valence-electron chi connectivity index (χ0n) is 17.4. The highest BCUT2D eigenvalue weighted by Gasteiger charge is 2.12. The summed E-state index contributed by atoms with van der Waals surface area (Å²) in [5, 5.41) is 7.78. The minimum Gasteiger partial charge on any atom is -0.397 e. The molecule has 0 aliphatic rings. The number of hydrogen-bond donors (Lipinski definition) is 3. The minimum atomic E-state index is -0.281. The Morgan fingerprint density at radius 3 is 2.22 bits per heavy atom. The van der Waals surface area contributed by atoms with Gasteiger partial charge in [-0.1, -0.05) is 42.5 Å². The fourth-order valence-electron chi connectivity index (χ4n) is 3.30. The lowest BCUT2D eigenvalue weighted by molar-refractivity contribution is 0.0952. The van der Waals surface area contributed by atoms with Crippen LogP contribution in [-0.4, -0.2) is 18.4 Å². The van der Waals surface area contributed by atoms with E-state index in [-0.39, 0.29) is 11.8 Å². The van der Waals surface area contributed by atoms with Crippen molar-refractivity contribution in [3.8, 4) is 10.4 Å². The Kier molecular flexibility index (Phi) is 6.63. The molecule has 0 unspecified atom stereocenters. The van der Waals surface area contributed by atoms with Gasteiger partial charge in [0.1, 0.15) is 0 Å². The van der Waals surface area contributed by atoms with Crippen LogP contribution < -0.4 is 16.4 Å². The highest BCUT2D eigenvalue weighted by atomic mass is 32.1. The Bertz CT molecular complexity index is 1200. The number of carbonyl (C=O) groups excluding carboxylic acids is 2. The van der Waals surface area contributed by atoms with Crippen LogP contribution in [0.5, 0.6) is 0 Å². The van der Waals surface area contributed by atoms with Gasteiger partial charge in [-0.25, -0.2) is 0 Å². The molecule has 160 valence electrons. The largest absolute Gasteiger partial charge is 0.397 e. The van der Waals surface area contributed by atoms with Gasteiger partial charge >= 0.3 is 0 Å². The number of hydrogen-bond acceptors (Lipinski definition) is 4.